The minimum Gasteiger partial charge on any atom is -0.495 e. The van der Waals surface area contributed by atoms with E-state index in [4.69, 9.17) is 30.6 Å². The molecule has 0 spiro atoms. The van der Waals surface area contributed by atoms with Crippen molar-refractivity contribution in [1.29, 1.82) is 0 Å². The normalized spacial score (nSPS) is 10.9. The van der Waals surface area contributed by atoms with Crippen LogP contribution in [0.25, 0.3) is 21.5 Å². The Labute approximate surface area is 218 Å². The van der Waals surface area contributed by atoms with E-state index in [1.807, 2.05) is 43.3 Å². The van der Waals surface area contributed by atoms with Gasteiger partial charge in [0.2, 0.25) is 0 Å². The van der Waals surface area contributed by atoms with Crippen molar-refractivity contribution in [2.45, 2.75) is 6.92 Å². The zero-order chi connectivity index (χ0) is 24.4. The van der Waals surface area contributed by atoms with E-state index in [1.54, 1.807) is 38.2 Å². The van der Waals surface area contributed by atoms with Gasteiger partial charge in [-0.15, -0.1) is 12.4 Å². The van der Waals surface area contributed by atoms with E-state index in [0.717, 1.165) is 4.70 Å². The fourth-order valence-corrected chi connectivity index (χ4v) is 4.89. The minimum atomic E-state index is -0.271. The number of nitrogens with zero attached hydrogens (tertiary/aromatic N) is 4. The number of thiazole rings is 1. The number of fused-ring (bicyclic) bond motifs is 1. The van der Waals surface area contributed by atoms with Gasteiger partial charge in [0, 0.05) is 18.7 Å². The van der Waals surface area contributed by atoms with Crippen molar-refractivity contribution < 1.29 is 18.8 Å². The van der Waals surface area contributed by atoms with Gasteiger partial charge in [-0.25, -0.2) is 4.98 Å². The van der Waals surface area contributed by atoms with Crippen molar-refractivity contribution in [3.63, 3.8) is 0 Å². The predicted octanol–water partition coefficient (Wildman–Crippen LogP) is 5.56. The molecule has 2 aromatic heterocycles. The molecule has 0 atom stereocenters. The summed E-state index contributed by atoms with van der Waals surface area (Å²) in [7, 11) is 7.09. The summed E-state index contributed by atoms with van der Waals surface area (Å²) >= 11 is 7.78. The summed E-state index contributed by atoms with van der Waals surface area (Å²) in [6.07, 6.45) is 0. The fourth-order valence-electron chi connectivity index (χ4n) is 3.57. The Balaban J connectivity index is 0.00000342. The van der Waals surface area contributed by atoms with Gasteiger partial charge in [-0.2, -0.15) is 0 Å². The molecule has 0 bridgehead atoms. The maximum absolute atomic E-state index is 14.0. The summed E-state index contributed by atoms with van der Waals surface area (Å²) in [5.41, 5.74) is 2.02. The molecule has 0 aliphatic rings. The van der Waals surface area contributed by atoms with Crippen LogP contribution in [-0.4, -0.2) is 62.4 Å². The molecular formula is C24H26Cl2N4O4S. The average Bonchev–Trinajstić information content (AvgIpc) is 3.42. The lowest BCUT2D eigenvalue weighted by atomic mass is 10.1. The molecule has 0 saturated carbocycles. The third-order valence-corrected chi connectivity index (χ3v) is 6.77. The van der Waals surface area contributed by atoms with E-state index in [0.29, 0.717) is 62.8 Å². The van der Waals surface area contributed by atoms with E-state index in [-0.39, 0.29) is 18.3 Å². The maximum atomic E-state index is 14.0. The van der Waals surface area contributed by atoms with Crippen LogP contribution in [0, 0.1) is 6.92 Å². The number of hydrogen-bond acceptors (Lipinski definition) is 8. The Hall–Kier alpha value is -2.85. The molecule has 8 nitrogen and oxygen atoms in total. The second-order valence-corrected chi connectivity index (χ2v) is 9.23. The van der Waals surface area contributed by atoms with Crippen LogP contribution < -0.4 is 14.4 Å². The maximum Gasteiger partial charge on any atom is 0.266 e. The number of aryl methyl sites for hydroxylation is 1. The molecule has 0 aliphatic carbocycles. The molecule has 4 rings (SSSR count). The molecule has 35 heavy (non-hydrogen) atoms. The third kappa shape index (κ3) is 5.23. The smallest absolute Gasteiger partial charge is 0.266 e. The van der Waals surface area contributed by atoms with Crippen LogP contribution in [0.3, 0.4) is 0 Å². The third-order valence-electron chi connectivity index (χ3n) is 5.35. The van der Waals surface area contributed by atoms with Crippen molar-refractivity contribution in [1.82, 2.24) is 15.0 Å². The molecule has 4 aromatic rings. The molecule has 1 amide bonds. The van der Waals surface area contributed by atoms with Gasteiger partial charge < -0.3 is 18.9 Å². The van der Waals surface area contributed by atoms with Crippen molar-refractivity contribution in [3.8, 4) is 22.8 Å². The average molecular weight is 537 g/mol. The molecule has 0 N–H and O–H groups in total. The molecule has 2 heterocycles. The number of likely N-dealkylation sites (N-methyl/N-ethyl adjacent to an activating group) is 1. The Morgan fingerprint density at radius 3 is 2.43 bits per heavy atom. The predicted molar refractivity (Wildman–Crippen MR) is 142 cm³/mol. The van der Waals surface area contributed by atoms with E-state index >= 15 is 0 Å². The number of anilines is 1. The van der Waals surface area contributed by atoms with Crippen molar-refractivity contribution in [2.75, 3.05) is 46.3 Å². The van der Waals surface area contributed by atoms with Crippen LogP contribution in [0.15, 0.2) is 40.9 Å². The van der Waals surface area contributed by atoms with Gasteiger partial charge in [0.1, 0.15) is 38.7 Å². The van der Waals surface area contributed by atoms with E-state index < -0.39 is 0 Å². The number of amides is 1. The minimum absolute atomic E-state index is 0. The number of methoxy groups -OCH3 is 2. The van der Waals surface area contributed by atoms with Gasteiger partial charge in [-0.05, 0) is 39.2 Å². The summed E-state index contributed by atoms with van der Waals surface area (Å²) in [4.78, 5) is 22.4. The van der Waals surface area contributed by atoms with Gasteiger partial charge >= 0.3 is 0 Å². The van der Waals surface area contributed by atoms with Gasteiger partial charge in [0.05, 0.1) is 19.2 Å². The number of ether oxygens (including phenoxy) is 2. The highest BCUT2D eigenvalue weighted by Gasteiger charge is 2.30. The second-order valence-electron chi connectivity index (χ2n) is 7.85. The van der Waals surface area contributed by atoms with E-state index in [9.17, 15) is 4.79 Å². The molecule has 186 valence electrons. The Bertz CT molecular complexity index is 1300. The standard InChI is InChI=1S/C24H25ClN4O4S.ClH/c1-14-19(20(27-33-14)15-8-6-7-9-16(15)25)23(30)29(13-12-28(2)3)24-26-21-17(31-4)10-11-18(32-5)22(21)34-24;/h6-11H,12-13H2,1-5H3;1H. The molecule has 0 fully saturated rings. The van der Waals surface area contributed by atoms with Crippen molar-refractivity contribution in [2.24, 2.45) is 0 Å². The molecule has 0 saturated heterocycles. The van der Waals surface area contributed by atoms with Gasteiger partial charge in [0.15, 0.2) is 5.13 Å². The van der Waals surface area contributed by atoms with E-state index in [2.05, 4.69) is 5.16 Å². The number of halogens is 2. The summed E-state index contributed by atoms with van der Waals surface area (Å²) in [5, 5.41) is 5.17. The van der Waals surface area contributed by atoms with Crippen molar-refractivity contribution in [3.05, 3.63) is 52.7 Å². The molecule has 0 unspecified atom stereocenters. The number of carbonyl (C=O) groups is 1. The Morgan fingerprint density at radius 1 is 1.09 bits per heavy atom. The van der Waals surface area contributed by atoms with Crippen molar-refractivity contribution >= 4 is 56.6 Å². The molecule has 0 aliphatic heterocycles. The lowest BCUT2D eigenvalue weighted by Crippen LogP contribution is -2.37. The first-order valence-electron chi connectivity index (χ1n) is 10.5. The number of hydrogen-bond donors (Lipinski definition) is 0. The zero-order valence-electron chi connectivity index (χ0n) is 20.0. The van der Waals surface area contributed by atoms with Crippen LogP contribution in [0.4, 0.5) is 5.13 Å². The van der Waals surface area contributed by atoms with Gasteiger partial charge in [-0.1, -0.05) is 46.3 Å². The van der Waals surface area contributed by atoms with Crippen LogP contribution >= 0.6 is 35.3 Å². The Kier molecular flexibility index (Phi) is 8.60. The number of benzene rings is 2. The highest BCUT2D eigenvalue weighted by atomic mass is 35.5. The molecular weight excluding hydrogens is 511 g/mol. The molecule has 11 heteroatoms. The SMILES string of the molecule is COc1ccc(OC)c2sc(N(CCN(C)C)C(=O)c3c(-c4ccccc4Cl)noc3C)nc12.Cl. The zero-order valence-corrected chi connectivity index (χ0v) is 22.4. The Morgan fingerprint density at radius 2 is 1.77 bits per heavy atom. The van der Waals surface area contributed by atoms with E-state index in [1.165, 1.54) is 11.3 Å². The first-order chi connectivity index (χ1) is 16.3. The molecule has 0 radical (unpaired) electrons. The highest BCUT2D eigenvalue weighted by Crippen LogP contribution is 2.41. The summed E-state index contributed by atoms with van der Waals surface area (Å²) < 4.78 is 17.3. The van der Waals surface area contributed by atoms with Crippen LogP contribution in [0.1, 0.15) is 16.1 Å². The fraction of sp³-hybridized carbons (Fsp3) is 0.292. The lowest BCUT2D eigenvalue weighted by Gasteiger charge is -2.22. The lowest BCUT2D eigenvalue weighted by molar-refractivity contribution is 0.0984. The summed E-state index contributed by atoms with van der Waals surface area (Å²) in [5.74, 6) is 1.41. The quantitative estimate of drug-likeness (QED) is 0.291. The monoisotopic (exact) mass is 536 g/mol. The first-order valence-corrected chi connectivity index (χ1v) is 11.7. The second kappa shape index (κ2) is 11.3. The topological polar surface area (TPSA) is 80.9 Å². The van der Waals surface area contributed by atoms with Crippen LogP contribution in [0.5, 0.6) is 11.5 Å². The number of carbonyl (C=O) groups excluding carboxylic acids is 1. The highest BCUT2D eigenvalue weighted by molar-refractivity contribution is 7.22. The summed E-state index contributed by atoms with van der Waals surface area (Å²) in [6.45, 7) is 2.75. The number of rotatable bonds is 8. The summed E-state index contributed by atoms with van der Waals surface area (Å²) in [6, 6.07) is 10.9. The number of aromatic nitrogens is 2. The molecule has 2 aromatic carbocycles. The first kappa shape index (κ1) is 26.7. The largest absolute Gasteiger partial charge is 0.495 e. The van der Waals surface area contributed by atoms with Gasteiger partial charge in [-0.3, -0.25) is 9.69 Å². The van der Waals surface area contributed by atoms with Gasteiger partial charge in [0.25, 0.3) is 5.91 Å². The van der Waals surface area contributed by atoms with Crippen LogP contribution in [0.2, 0.25) is 5.02 Å². The van der Waals surface area contributed by atoms with Crippen LogP contribution in [-0.2, 0) is 0 Å².